The smallest absolute Gasteiger partial charge is 0.329 e. The van der Waals surface area contributed by atoms with Crippen molar-refractivity contribution in [2.75, 3.05) is 7.11 Å². The fourth-order valence-electron chi connectivity index (χ4n) is 2.79. The molecule has 0 aliphatic heterocycles. The van der Waals surface area contributed by atoms with E-state index in [4.69, 9.17) is 32.7 Å². The number of carbonyl (C=O) groups excluding carboxylic acids is 2. The highest BCUT2D eigenvalue weighted by Crippen LogP contribution is 2.37. The number of hydrazone groups is 1. The Morgan fingerprint density at radius 3 is 2.42 bits per heavy atom. The molecule has 0 radical (unpaired) electrons. The fourth-order valence-corrected chi connectivity index (χ4v) is 3.26. The second-order valence-electron chi connectivity index (χ2n) is 6.78. The Balaban J connectivity index is 1.59. The van der Waals surface area contributed by atoms with E-state index in [1.165, 1.54) is 13.3 Å². The van der Waals surface area contributed by atoms with Gasteiger partial charge in [-0.05, 0) is 29.3 Å². The maximum absolute atomic E-state index is 11.9. The maximum Gasteiger partial charge on any atom is 0.329 e. The summed E-state index contributed by atoms with van der Waals surface area (Å²) in [5, 5.41) is 7.20. The molecular weight excluding hydrogens is 465 g/mol. The summed E-state index contributed by atoms with van der Waals surface area (Å²) in [4.78, 5) is 23.8. The summed E-state index contributed by atoms with van der Waals surface area (Å²) in [5.41, 5.74) is 4.39. The summed E-state index contributed by atoms with van der Waals surface area (Å²) >= 11 is 12.5. The van der Waals surface area contributed by atoms with Gasteiger partial charge in [-0.25, -0.2) is 5.43 Å². The summed E-state index contributed by atoms with van der Waals surface area (Å²) in [6.45, 7) is 0.441. The van der Waals surface area contributed by atoms with Crippen molar-refractivity contribution in [3.8, 4) is 11.5 Å². The first kappa shape index (κ1) is 24.1. The molecule has 0 unspecified atom stereocenters. The number of amides is 2. The number of halogens is 2. The number of hydrogen-bond donors (Lipinski definition) is 2. The molecule has 9 heteroatoms. The molecule has 0 spiro atoms. The maximum atomic E-state index is 11.9. The van der Waals surface area contributed by atoms with Gasteiger partial charge in [0.2, 0.25) is 0 Å². The fraction of sp³-hybridized carbons (Fsp3) is 0.125. The van der Waals surface area contributed by atoms with Crippen molar-refractivity contribution >= 4 is 41.2 Å². The summed E-state index contributed by atoms with van der Waals surface area (Å²) in [5.74, 6) is -0.960. The van der Waals surface area contributed by atoms with Crippen molar-refractivity contribution in [1.29, 1.82) is 0 Å². The van der Waals surface area contributed by atoms with Crippen LogP contribution in [0.3, 0.4) is 0 Å². The lowest BCUT2D eigenvalue weighted by Gasteiger charge is -2.14. The van der Waals surface area contributed by atoms with Gasteiger partial charge in [0.1, 0.15) is 6.61 Å². The van der Waals surface area contributed by atoms with E-state index >= 15 is 0 Å². The normalized spacial score (nSPS) is 10.6. The van der Waals surface area contributed by atoms with E-state index in [1.54, 1.807) is 18.2 Å². The van der Waals surface area contributed by atoms with Gasteiger partial charge in [-0.15, -0.1) is 0 Å². The number of methoxy groups -OCH3 is 1. The minimum atomic E-state index is -0.889. The molecule has 33 heavy (non-hydrogen) atoms. The first-order valence-corrected chi connectivity index (χ1v) is 10.6. The molecule has 0 saturated heterocycles. The van der Waals surface area contributed by atoms with Crippen LogP contribution < -0.4 is 20.2 Å². The molecule has 0 fully saturated rings. The van der Waals surface area contributed by atoms with Gasteiger partial charge in [0, 0.05) is 17.1 Å². The van der Waals surface area contributed by atoms with Gasteiger partial charge in [0.25, 0.3) is 0 Å². The zero-order chi connectivity index (χ0) is 23.6. The predicted octanol–water partition coefficient (Wildman–Crippen LogP) is 4.35. The van der Waals surface area contributed by atoms with E-state index < -0.39 is 11.8 Å². The Kier molecular flexibility index (Phi) is 8.69. The zero-order valence-electron chi connectivity index (χ0n) is 17.7. The molecule has 0 aliphatic rings. The molecular formula is C24H21Cl2N3O4. The number of ether oxygens (including phenoxy) is 2. The Bertz CT molecular complexity index is 1150. The SMILES string of the molecule is COc1cc(/C=N\NC(=O)C(=O)NCc2ccccc2)cc(Cl)c1OCc1ccccc1Cl. The molecule has 2 amide bonds. The van der Waals surface area contributed by atoms with E-state index in [0.29, 0.717) is 22.1 Å². The highest BCUT2D eigenvalue weighted by atomic mass is 35.5. The Labute approximate surface area is 201 Å². The van der Waals surface area contributed by atoms with Crippen LogP contribution in [0.5, 0.6) is 11.5 Å². The lowest BCUT2D eigenvalue weighted by molar-refractivity contribution is -0.139. The number of rotatable bonds is 8. The standard InChI is InChI=1S/C24H21Cl2N3O4/c1-32-21-12-17(11-20(26)22(21)33-15-18-9-5-6-10-19(18)25)14-28-29-24(31)23(30)27-13-16-7-3-2-4-8-16/h2-12,14H,13,15H2,1H3,(H,27,30)(H,29,31)/b28-14-. The molecule has 0 heterocycles. The van der Waals surface area contributed by atoms with Crippen LogP contribution in [0.25, 0.3) is 0 Å². The largest absolute Gasteiger partial charge is 0.493 e. The van der Waals surface area contributed by atoms with Gasteiger partial charge in [-0.2, -0.15) is 5.10 Å². The molecule has 3 aromatic carbocycles. The highest BCUT2D eigenvalue weighted by Gasteiger charge is 2.14. The predicted molar refractivity (Wildman–Crippen MR) is 128 cm³/mol. The first-order valence-electron chi connectivity index (χ1n) is 9.87. The van der Waals surface area contributed by atoms with Crippen molar-refractivity contribution in [3.63, 3.8) is 0 Å². The molecule has 0 bridgehead atoms. The molecule has 0 aromatic heterocycles. The van der Waals surface area contributed by atoms with Crippen molar-refractivity contribution in [2.24, 2.45) is 5.10 Å². The van der Waals surface area contributed by atoms with Crippen LogP contribution in [-0.2, 0) is 22.7 Å². The van der Waals surface area contributed by atoms with Gasteiger partial charge < -0.3 is 14.8 Å². The minimum absolute atomic E-state index is 0.206. The average Bonchev–Trinajstić information content (AvgIpc) is 2.83. The second kappa shape index (κ2) is 11.9. The Morgan fingerprint density at radius 1 is 0.970 bits per heavy atom. The van der Waals surface area contributed by atoms with E-state index in [2.05, 4.69) is 15.8 Å². The molecule has 0 aliphatic carbocycles. The van der Waals surface area contributed by atoms with E-state index in [0.717, 1.165) is 11.1 Å². The van der Waals surface area contributed by atoms with Gasteiger partial charge in [0.15, 0.2) is 11.5 Å². The van der Waals surface area contributed by atoms with E-state index in [-0.39, 0.29) is 18.2 Å². The number of nitrogens with one attached hydrogen (secondary N) is 2. The number of nitrogens with zero attached hydrogens (tertiary/aromatic N) is 1. The molecule has 0 saturated carbocycles. The third-order valence-corrected chi connectivity index (χ3v) is 5.11. The molecule has 170 valence electrons. The van der Waals surface area contributed by atoms with Crippen molar-refractivity contribution in [3.05, 3.63) is 93.5 Å². The lowest BCUT2D eigenvalue weighted by Crippen LogP contribution is -2.37. The molecule has 3 aromatic rings. The van der Waals surface area contributed by atoms with Crippen LogP contribution in [0.1, 0.15) is 16.7 Å². The average molecular weight is 486 g/mol. The third kappa shape index (κ3) is 6.97. The summed E-state index contributed by atoms with van der Waals surface area (Å²) in [7, 11) is 1.48. The van der Waals surface area contributed by atoms with Crippen LogP contribution in [0.4, 0.5) is 0 Å². The van der Waals surface area contributed by atoms with Crippen LogP contribution in [-0.4, -0.2) is 25.1 Å². The van der Waals surface area contributed by atoms with Gasteiger partial charge >= 0.3 is 11.8 Å². The van der Waals surface area contributed by atoms with Crippen LogP contribution in [0, 0.1) is 0 Å². The third-order valence-electron chi connectivity index (χ3n) is 4.46. The van der Waals surface area contributed by atoms with Gasteiger partial charge in [-0.1, -0.05) is 71.7 Å². The number of benzene rings is 3. The second-order valence-corrected chi connectivity index (χ2v) is 7.60. The molecule has 2 N–H and O–H groups in total. The highest BCUT2D eigenvalue weighted by molar-refractivity contribution is 6.35. The van der Waals surface area contributed by atoms with Crippen molar-refractivity contribution < 1.29 is 19.1 Å². The monoisotopic (exact) mass is 485 g/mol. The van der Waals surface area contributed by atoms with Crippen LogP contribution in [0.2, 0.25) is 10.0 Å². The van der Waals surface area contributed by atoms with E-state index in [1.807, 2.05) is 48.5 Å². The minimum Gasteiger partial charge on any atom is -0.493 e. The Hall–Kier alpha value is -3.55. The van der Waals surface area contributed by atoms with Crippen LogP contribution in [0.15, 0.2) is 71.8 Å². The summed E-state index contributed by atoms with van der Waals surface area (Å²) < 4.78 is 11.2. The topological polar surface area (TPSA) is 89.0 Å². The number of carbonyl (C=O) groups is 2. The van der Waals surface area contributed by atoms with Crippen molar-refractivity contribution in [2.45, 2.75) is 13.2 Å². The Morgan fingerprint density at radius 2 is 1.70 bits per heavy atom. The zero-order valence-corrected chi connectivity index (χ0v) is 19.2. The molecule has 0 atom stereocenters. The molecule has 3 rings (SSSR count). The quantitative estimate of drug-likeness (QED) is 0.282. The molecule has 7 nitrogen and oxygen atoms in total. The van der Waals surface area contributed by atoms with Gasteiger partial charge in [0.05, 0.1) is 18.3 Å². The van der Waals surface area contributed by atoms with Crippen LogP contribution >= 0.6 is 23.2 Å². The summed E-state index contributed by atoms with van der Waals surface area (Å²) in [6.07, 6.45) is 1.34. The first-order chi connectivity index (χ1) is 16.0. The summed E-state index contributed by atoms with van der Waals surface area (Å²) in [6, 6.07) is 19.8. The van der Waals surface area contributed by atoms with E-state index in [9.17, 15) is 9.59 Å². The van der Waals surface area contributed by atoms with Crippen molar-refractivity contribution in [1.82, 2.24) is 10.7 Å². The van der Waals surface area contributed by atoms with Gasteiger partial charge in [-0.3, -0.25) is 9.59 Å². The number of hydrogen-bond acceptors (Lipinski definition) is 5. The lowest BCUT2D eigenvalue weighted by atomic mass is 10.2.